The second-order valence-electron chi connectivity index (χ2n) is 23.5. The van der Waals surface area contributed by atoms with Gasteiger partial charge in [0.1, 0.15) is 36.0 Å². The quantitative estimate of drug-likeness (QED) is 0.118. The molecule has 7 rings (SSSR count). The SMILES string of the molecule is CC[C@H]1OC(=O)[C@H](C)[C@@H](O[C@H]2C[C@@](C)(OC)[C@@H](O)[C@H](C)O2)[C@H](C)[C@@H](OC2O[C@H](C)C[C@H](N(C)C(=O)N3CCOCC3)[C@H]2O)[C@](C)(OC)CCC(=O)[C@H](C)[C@H]2N(CCCOC3CC(C(=O)Nc4c(Cl)cncc4Cl)=CC=C3OC)C(=O)O[C@]12C. The van der Waals surface area contributed by atoms with Crippen molar-refractivity contribution in [3.63, 3.8) is 0 Å². The van der Waals surface area contributed by atoms with Gasteiger partial charge in [-0.2, -0.15) is 0 Å². The number of nitrogens with zero attached hydrogens (tertiary/aromatic N) is 4. The van der Waals surface area contributed by atoms with Crippen LogP contribution in [0.25, 0.3) is 0 Å². The van der Waals surface area contributed by atoms with Crippen LogP contribution in [-0.4, -0.2) is 218 Å². The molecule has 1 aromatic heterocycles. The summed E-state index contributed by atoms with van der Waals surface area (Å²) < 4.78 is 69.2. The number of amides is 4. The predicted molar refractivity (Wildman–Crippen MR) is 302 cm³/mol. The summed E-state index contributed by atoms with van der Waals surface area (Å²) in [7, 11) is 6.11. The van der Waals surface area contributed by atoms with Crippen molar-refractivity contribution in [2.75, 3.05) is 73.1 Å². The largest absolute Gasteiger partial charge is 0.498 e. The Balaban J connectivity index is 1.18. The molecule has 5 fully saturated rings. The average Bonchev–Trinajstić information content (AvgIpc) is 3.82. The molecule has 0 radical (unpaired) electrons. The van der Waals surface area contributed by atoms with Crippen molar-refractivity contribution in [3.8, 4) is 0 Å². The van der Waals surface area contributed by atoms with Crippen molar-refractivity contribution in [1.82, 2.24) is 19.7 Å². The number of carbonyl (C=O) groups excluding carboxylic acids is 5. The average molecular weight is 1210 g/mol. The molecule has 466 valence electrons. The number of cyclic esters (lactones) is 1. The van der Waals surface area contributed by atoms with Gasteiger partial charge in [-0.1, -0.05) is 44.0 Å². The van der Waals surface area contributed by atoms with E-state index in [2.05, 4.69) is 10.3 Å². The first-order valence-electron chi connectivity index (χ1n) is 28.8. The second kappa shape index (κ2) is 28.1. The Morgan fingerprint density at radius 2 is 1.60 bits per heavy atom. The Bertz CT molecular complexity index is 2500. The molecule has 6 heterocycles. The number of halogens is 2. The fourth-order valence-corrected chi connectivity index (χ4v) is 13.2. The highest BCUT2D eigenvalue weighted by Crippen LogP contribution is 2.44. The molecular formula is C58H87Cl2N5O18. The minimum Gasteiger partial charge on any atom is -0.498 e. The highest BCUT2D eigenvalue weighted by molar-refractivity contribution is 6.39. The van der Waals surface area contributed by atoms with Gasteiger partial charge in [-0.25, -0.2) is 9.59 Å². The number of methoxy groups -OCH3 is 3. The number of urea groups is 1. The van der Waals surface area contributed by atoms with Crippen molar-refractivity contribution >= 4 is 58.7 Å². The van der Waals surface area contributed by atoms with Crippen LogP contribution in [0.1, 0.15) is 107 Å². The number of aliphatic hydroxyl groups excluding tert-OH is 2. The summed E-state index contributed by atoms with van der Waals surface area (Å²) in [5.41, 5.74) is -3.49. The molecule has 18 atom stereocenters. The Hall–Kier alpha value is -4.24. The summed E-state index contributed by atoms with van der Waals surface area (Å²) in [6.45, 7) is 17.4. The molecule has 0 spiro atoms. The topological polar surface area (TPSA) is 262 Å². The zero-order chi connectivity index (χ0) is 60.9. The van der Waals surface area contributed by atoms with Gasteiger partial charge in [0.2, 0.25) is 0 Å². The molecule has 1 aromatic rings. The first-order chi connectivity index (χ1) is 39.3. The molecule has 3 N–H and O–H groups in total. The molecular weight excluding hydrogens is 1130 g/mol. The molecule has 2 unspecified atom stereocenters. The lowest BCUT2D eigenvalue weighted by molar-refractivity contribution is -0.318. The number of hydrogen-bond acceptors (Lipinski definition) is 19. The maximum absolute atomic E-state index is 15.1. The summed E-state index contributed by atoms with van der Waals surface area (Å²) in [5.74, 6) is -3.83. The van der Waals surface area contributed by atoms with E-state index in [4.69, 9.17) is 75.3 Å². The maximum atomic E-state index is 15.1. The van der Waals surface area contributed by atoms with Gasteiger partial charge in [-0.15, -0.1) is 0 Å². The van der Waals surface area contributed by atoms with E-state index < -0.39 is 126 Å². The normalized spacial score (nSPS) is 37.6. The maximum Gasteiger partial charge on any atom is 0.410 e. The van der Waals surface area contributed by atoms with Crippen molar-refractivity contribution in [3.05, 3.63) is 45.9 Å². The van der Waals surface area contributed by atoms with Gasteiger partial charge < -0.3 is 82.3 Å². The van der Waals surface area contributed by atoms with Crippen LogP contribution in [0, 0.1) is 17.8 Å². The Kier molecular flexibility index (Phi) is 22.4. The van der Waals surface area contributed by atoms with E-state index in [0.717, 1.165) is 0 Å². The summed E-state index contributed by atoms with van der Waals surface area (Å²) in [6, 6.07) is -1.99. The van der Waals surface area contributed by atoms with Crippen molar-refractivity contribution in [2.24, 2.45) is 17.8 Å². The number of morpholine rings is 1. The van der Waals surface area contributed by atoms with Crippen LogP contribution in [0.4, 0.5) is 15.3 Å². The van der Waals surface area contributed by atoms with Crippen molar-refractivity contribution in [1.29, 1.82) is 0 Å². The van der Waals surface area contributed by atoms with Gasteiger partial charge in [-0.3, -0.25) is 19.4 Å². The molecule has 4 amide bonds. The lowest BCUT2D eigenvalue weighted by Gasteiger charge is -2.49. The number of esters is 1. The Labute approximate surface area is 497 Å². The number of Topliss-reactive ketones (excluding diaryl/α,β-unsaturated/α-hetero) is 1. The number of likely N-dealkylation sites (N-methyl/N-ethyl adjacent to an activating group) is 1. The van der Waals surface area contributed by atoms with Crippen LogP contribution in [0.5, 0.6) is 0 Å². The predicted octanol–water partition coefficient (Wildman–Crippen LogP) is 6.46. The zero-order valence-electron chi connectivity index (χ0n) is 50.1. The number of hydrogen-bond donors (Lipinski definition) is 3. The first kappa shape index (κ1) is 66.3. The van der Waals surface area contributed by atoms with Crippen LogP contribution in [0.2, 0.25) is 10.0 Å². The van der Waals surface area contributed by atoms with Crippen LogP contribution in [-0.2, 0) is 66.5 Å². The van der Waals surface area contributed by atoms with E-state index in [0.29, 0.717) is 44.1 Å². The number of nitrogens with one attached hydrogen (secondary N) is 1. The van der Waals surface area contributed by atoms with E-state index in [9.17, 15) is 24.6 Å². The molecule has 5 saturated heterocycles. The number of aromatic nitrogens is 1. The lowest BCUT2D eigenvalue weighted by Crippen LogP contribution is -2.62. The van der Waals surface area contributed by atoms with Crippen molar-refractivity contribution < 1.29 is 86.3 Å². The van der Waals surface area contributed by atoms with E-state index in [1.54, 1.807) is 72.6 Å². The number of pyridine rings is 1. The monoisotopic (exact) mass is 1210 g/mol. The molecule has 0 aromatic carbocycles. The highest BCUT2D eigenvalue weighted by Gasteiger charge is 2.60. The standard InChI is InChI=1S/C58H87Cl2N5O18/c1-14-43-58(9)48(65(55(72)83-58)20-15-23-77-42-27-36(16-17-41(42)73-11)51(69)62-45-37(59)29-61-30-38(45)60)32(3)40(66)18-19-56(7,74-12)50(82-53-46(67)39(26-31(2)78-53)63(10)54(71)64-21-24-76-25-22-64)33(4)47(34(5)52(70)80-43)81-44-28-57(8,75-13)49(68)35(6)79-44/h16-17,29-35,39,42-44,46-50,53,67-68H,14-15,18-28H2,1-13H3,(H,61,62,69)/t31-,32+,33+,34-,35+,39+,42?,43-,44+,46-,47+,48-,49+,50-,53?,56-,57-,58-/m1/s1. The summed E-state index contributed by atoms with van der Waals surface area (Å²) in [5, 5.41) is 26.6. The Morgan fingerprint density at radius 1 is 0.928 bits per heavy atom. The fraction of sp³-hybridized carbons (Fsp3) is 0.759. The number of ether oxygens (including phenoxy) is 11. The van der Waals surface area contributed by atoms with Gasteiger partial charge >= 0.3 is 18.1 Å². The molecule has 83 heavy (non-hydrogen) atoms. The van der Waals surface area contributed by atoms with Crippen LogP contribution < -0.4 is 5.32 Å². The zero-order valence-corrected chi connectivity index (χ0v) is 51.6. The smallest absolute Gasteiger partial charge is 0.410 e. The summed E-state index contributed by atoms with van der Waals surface area (Å²) in [6.07, 6.45) is -3.97. The highest BCUT2D eigenvalue weighted by atomic mass is 35.5. The molecule has 1 aliphatic carbocycles. The fourth-order valence-electron chi connectivity index (χ4n) is 12.7. The molecule has 25 heteroatoms. The molecule has 6 aliphatic rings. The van der Waals surface area contributed by atoms with E-state index in [1.807, 2.05) is 13.8 Å². The Morgan fingerprint density at radius 3 is 2.24 bits per heavy atom. The minimum atomic E-state index is -1.56. The summed E-state index contributed by atoms with van der Waals surface area (Å²) in [4.78, 5) is 80.5. The molecule has 23 nitrogen and oxygen atoms in total. The molecule has 0 saturated carbocycles. The van der Waals surface area contributed by atoms with Crippen LogP contribution in [0.15, 0.2) is 35.9 Å². The van der Waals surface area contributed by atoms with E-state index in [-0.39, 0.29) is 79.2 Å². The molecule has 5 aliphatic heterocycles. The number of rotatable bonds is 16. The van der Waals surface area contributed by atoms with Crippen molar-refractivity contribution in [2.45, 2.75) is 198 Å². The van der Waals surface area contributed by atoms with E-state index >= 15 is 9.59 Å². The lowest BCUT2D eigenvalue weighted by atomic mass is 9.75. The summed E-state index contributed by atoms with van der Waals surface area (Å²) >= 11 is 12.6. The van der Waals surface area contributed by atoms with Gasteiger partial charge in [0.15, 0.2) is 18.2 Å². The third-order valence-corrected chi connectivity index (χ3v) is 18.5. The second-order valence-corrected chi connectivity index (χ2v) is 24.3. The van der Waals surface area contributed by atoms with Crippen LogP contribution in [0.3, 0.4) is 0 Å². The first-order valence-corrected chi connectivity index (χ1v) is 29.6. The van der Waals surface area contributed by atoms with Gasteiger partial charge in [0, 0.05) is 96.6 Å². The number of carbonyl (C=O) groups is 5. The number of allylic oxidation sites excluding steroid dienone is 2. The number of aliphatic hydroxyl groups is 2. The van der Waals surface area contributed by atoms with Gasteiger partial charge in [0.25, 0.3) is 5.91 Å². The number of anilines is 1. The van der Waals surface area contributed by atoms with Gasteiger partial charge in [0.05, 0.1) is 89.7 Å². The van der Waals surface area contributed by atoms with E-state index in [1.165, 1.54) is 43.5 Å². The third-order valence-electron chi connectivity index (χ3n) is 17.9. The number of ketones is 1. The minimum absolute atomic E-state index is 0.0342. The third kappa shape index (κ3) is 14.4. The molecule has 0 bridgehead atoms. The number of fused-ring (bicyclic) bond motifs is 1. The van der Waals surface area contributed by atoms with Crippen LogP contribution >= 0.6 is 23.2 Å². The van der Waals surface area contributed by atoms with Gasteiger partial charge in [-0.05, 0) is 79.4 Å².